The molecule has 1 atom stereocenters. The largest absolute Gasteiger partial charge is 0.396 e. The maximum Gasteiger partial charge on any atom is 0.237 e. The second-order valence-electron chi connectivity index (χ2n) is 5.71. The summed E-state index contributed by atoms with van der Waals surface area (Å²) >= 11 is 0. The molecule has 0 bridgehead atoms. The zero-order chi connectivity index (χ0) is 12.9. The Hall–Kier alpha value is -0.610. The molecule has 1 aliphatic carbocycles. The van der Waals surface area contributed by atoms with E-state index in [4.69, 9.17) is 5.11 Å². The number of rotatable bonds is 6. The average Bonchev–Trinajstić information content (AvgIpc) is 2.69. The lowest BCUT2D eigenvalue weighted by Gasteiger charge is -2.29. The molecule has 1 rings (SSSR count). The van der Waals surface area contributed by atoms with Gasteiger partial charge in [-0.3, -0.25) is 4.79 Å². The predicted molar refractivity (Wildman–Crippen MR) is 68.8 cm³/mol. The number of aliphatic hydroxyl groups is 1. The molecule has 0 aromatic carbocycles. The zero-order valence-corrected chi connectivity index (χ0v) is 11.3. The van der Waals surface area contributed by atoms with Gasteiger partial charge in [-0.1, -0.05) is 12.8 Å². The number of aliphatic hydroxyl groups excluding tert-OH is 1. The molecule has 0 aromatic rings. The molecule has 100 valence electrons. The minimum absolute atomic E-state index is 0.0721. The molecule has 0 spiro atoms. The molecule has 4 heteroatoms. The van der Waals surface area contributed by atoms with Gasteiger partial charge in [0.25, 0.3) is 0 Å². The van der Waals surface area contributed by atoms with Crippen LogP contribution < -0.4 is 10.6 Å². The van der Waals surface area contributed by atoms with Crippen molar-refractivity contribution in [1.82, 2.24) is 10.6 Å². The smallest absolute Gasteiger partial charge is 0.237 e. The molecule has 3 N–H and O–H groups in total. The van der Waals surface area contributed by atoms with Gasteiger partial charge in [-0.05, 0) is 40.0 Å². The Balaban J connectivity index is 2.35. The zero-order valence-electron chi connectivity index (χ0n) is 11.3. The number of nitrogens with one attached hydrogen (secondary N) is 2. The Bertz CT molecular complexity index is 248. The summed E-state index contributed by atoms with van der Waals surface area (Å²) in [4.78, 5) is 11.9. The van der Waals surface area contributed by atoms with E-state index < -0.39 is 0 Å². The first-order chi connectivity index (χ1) is 7.94. The summed E-state index contributed by atoms with van der Waals surface area (Å²) in [5.74, 6) is 0.0721. The van der Waals surface area contributed by atoms with Crippen molar-refractivity contribution in [2.45, 2.75) is 70.5 Å². The first-order valence-corrected chi connectivity index (χ1v) is 6.63. The van der Waals surface area contributed by atoms with Gasteiger partial charge in [0.2, 0.25) is 5.91 Å². The molecule has 1 amide bonds. The van der Waals surface area contributed by atoms with Crippen molar-refractivity contribution < 1.29 is 9.90 Å². The van der Waals surface area contributed by atoms with Crippen molar-refractivity contribution in [3.8, 4) is 0 Å². The molecule has 0 heterocycles. The van der Waals surface area contributed by atoms with Crippen LogP contribution in [0.4, 0.5) is 0 Å². The summed E-state index contributed by atoms with van der Waals surface area (Å²) in [5.41, 5.74) is -0.207. The Morgan fingerprint density at radius 2 is 2.00 bits per heavy atom. The van der Waals surface area contributed by atoms with Crippen molar-refractivity contribution in [1.29, 1.82) is 0 Å². The Morgan fingerprint density at radius 1 is 1.41 bits per heavy atom. The van der Waals surface area contributed by atoms with E-state index in [1.807, 2.05) is 20.8 Å². The molecule has 17 heavy (non-hydrogen) atoms. The third kappa shape index (κ3) is 5.04. The van der Waals surface area contributed by atoms with Crippen LogP contribution in [0.15, 0.2) is 0 Å². The lowest BCUT2D eigenvalue weighted by atomic mass is 10.00. The van der Waals surface area contributed by atoms with E-state index >= 15 is 0 Å². The maximum atomic E-state index is 11.9. The van der Waals surface area contributed by atoms with E-state index in [9.17, 15) is 4.79 Å². The highest BCUT2D eigenvalue weighted by Gasteiger charge is 2.25. The van der Waals surface area contributed by atoms with Crippen LogP contribution >= 0.6 is 0 Å². The van der Waals surface area contributed by atoms with Crippen molar-refractivity contribution in [3.05, 3.63) is 0 Å². The molecule has 0 radical (unpaired) electrons. The molecule has 0 aliphatic heterocycles. The minimum Gasteiger partial charge on any atom is -0.396 e. The highest BCUT2D eigenvalue weighted by Crippen LogP contribution is 2.17. The highest BCUT2D eigenvalue weighted by atomic mass is 16.3. The van der Waals surface area contributed by atoms with Crippen molar-refractivity contribution in [3.63, 3.8) is 0 Å². The maximum absolute atomic E-state index is 11.9. The van der Waals surface area contributed by atoms with E-state index in [2.05, 4.69) is 10.6 Å². The molecular weight excluding hydrogens is 216 g/mol. The van der Waals surface area contributed by atoms with Crippen LogP contribution in [-0.4, -0.2) is 35.2 Å². The van der Waals surface area contributed by atoms with E-state index in [-0.39, 0.29) is 24.1 Å². The number of carbonyl (C=O) groups excluding carboxylic acids is 1. The number of amides is 1. The second kappa shape index (κ2) is 6.36. The molecule has 0 saturated heterocycles. The SMILES string of the molecule is CC(NC(C)(C)CCO)C(=O)NC1CCCC1. The van der Waals surface area contributed by atoms with Crippen LogP contribution in [0.1, 0.15) is 52.9 Å². The van der Waals surface area contributed by atoms with Crippen LogP contribution in [0.25, 0.3) is 0 Å². The summed E-state index contributed by atoms with van der Waals surface area (Å²) in [6, 6.07) is 0.157. The molecule has 1 unspecified atom stereocenters. The first kappa shape index (κ1) is 14.5. The fraction of sp³-hybridized carbons (Fsp3) is 0.923. The van der Waals surface area contributed by atoms with Gasteiger partial charge in [-0.2, -0.15) is 0 Å². The van der Waals surface area contributed by atoms with Crippen LogP contribution in [0, 0.1) is 0 Å². The molecule has 1 aliphatic rings. The van der Waals surface area contributed by atoms with Crippen LogP contribution in [0.2, 0.25) is 0 Å². The van der Waals surface area contributed by atoms with Gasteiger partial charge in [0.05, 0.1) is 6.04 Å². The Labute approximate surface area is 104 Å². The molecule has 1 saturated carbocycles. The van der Waals surface area contributed by atoms with Crippen LogP contribution in [0.3, 0.4) is 0 Å². The van der Waals surface area contributed by atoms with Gasteiger partial charge >= 0.3 is 0 Å². The summed E-state index contributed by atoms with van der Waals surface area (Å²) in [6.45, 7) is 6.02. The van der Waals surface area contributed by atoms with E-state index in [1.165, 1.54) is 12.8 Å². The topological polar surface area (TPSA) is 61.4 Å². The third-order valence-electron chi connectivity index (χ3n) is 3.44. The van der Waals surface area contributed by atoms with Gasteiger partial charge in [0, 0.05) is 18.2 Å². The molecule has 0 aromatic heterocycles. The number of carbonyl (C=O) groups is 1. The monoisotopic (exact) mass is 242 g/mol. The quantitative estimate of drug-likeness (QED) is 0.655. The van der Waals surface area contributed by atoms with Crippen molar-refractivity contribution >= 4 is 5.91 Å². The highest BCUT2D eigenvalue weighted by molar-refractivity contribution is 5.81. The van der Waals surface area contributed by atoms with Crippen LogP contribution in [-0.2, 0) is 4.79 Å². The minimum atomic E-state index is -0.211. The summed E-state index contributed by atoms with van der Waals surface area (Å²) in [7, 11) is 0. The molecule has 1 fully saturated rings. The second-order valence-corrected chi connectivity index (χ2v) is 5.71. The standard InChI is InChI=1S/C13H26N2O2/c1-10(15-13(2,3)8-9-16)12(17)14-11-6-4-5-7-11/h10-11,15-16H,4-9H2,1-3H3,(H,14,17). The van der Waals surface area contributed by atoms with E-state index in [0.29, 0.717) is 12.5 Å². The normalized spacial score (nSPS) is 19.3. The van der Waals surface area contributed by atoms with E-state index in [0.717, 1.165) is 12.8 Å². The average molecular weight is 242 g/mol. The van der Waals surface area contributed by atoms with Gasteiger partial charge in [-0.25, -0.2) is 0 Å². The Morgan fingerprint density at radius 3 is 2.53 bits per heavy atom. The van der Waals surface area contributed by atoms with Crippen molar-refractivity contribution in [2.75, 3.05) is 6.61 Å². The summed E-state index contributed by atoms with van der Waals surface area (Å²) in [6.07, 6.45) is 5.32. The van der Waals surface area contributed by atoms with Gasteiger partial charge < -0.3 is 15.7 Å². The van der Waals surface area contributed by atoms with Crippen molar-refractivity contribution in [2.24, 2.45) is 0 Å². The fourth-order valence-electron chi connectivity index (χ4n) is 2.40. The van der Waals surface area contributed by atoms with E-state index in [1.54, 1.807) is 0 Å². The van der Waals surface area contributed by atoms with Crippen LogP contribution in [0.5, 0.6) is 0 Å². The Kier molecular flexibility index (Phi) is 5.40. The lowest BCUT2D eigenvalue weighted by Crippen LogP contribution is -2.53. The fourth-order valence-corrected chi connectivity index (χ4v) is 2.40. The summed E-state index contributed by atoms with van der Waals surface area (Å²) in [5, 5.41) is 15.3. The third-order valence-corrected chi connectivity index (χ3v) is 3.44. The lowest BCUT2D eigenvalue weighted by molar-refractivity contribution is -0.124. The number of hydrogen-bond acceptors (Lipinski definition) is 3. The first-order valence-electron chi connectivity index (χ1n) is 6.63. The number of hydrogen-bond donors (Lipinski definition) is 3. The van der Waals surface area contributed by atoms with Gasteiger partial charge in [-0.15, -0.1) is 0 Å². The summed E-state index contributed by atoms with van der Waals surface area (Å²) < 4.78 is 0. The van der Waals surface area contributed by atoms with Gasteiger partial charge in [0.1, 0.15) is 0 Å². The molecule has 4 nitrogen and oxygen atoms in total. The van der Waals surface area contributed by atoms with Gasteiger partial charge in [0.15, 0.2) is 0 Å². The molecular formula is C13H26N2O2. The predicted octanol–water partition coefficient (Wildman–Crippen LogP) is 1.18.